The van der Waals surface area contributed by atoms with Gasteiger partial charge in [-0.05, 0) is 39.1 Å². The van der Waals surface area contributed by atoms with Crippen LogP contribution in [0.3, 0.4) is 0 Å². The lowest BCUT2D eigenvalue weighted by Gasteiger charge is -2.16. The van der Waals surface area contributed by atoms with E-state index in [0.29, 0.717) is 11.3 Å². The van der Waals surface area contributed by atoms with Crippen molar-refractivity contribution in [3.63, 3.8) is 0 Å². The van der Waals surface area contributed by atoms with E-state index in [1.54, 1.807) is 22.5 Å². The molecule has 0 unspecified atom stereocenters. The molecule has 3 aromatic rings. The highest BCUT2D eigenvalue weighted by molar-refractivity contribution is 7.71. The number of aromatic amines is 1. The number of nitrogens with zero attached hydrogens (tertiary/aromatic N) is 4. The third kappa shape index (κ3) is 2.78. The van der Waals surface area contributed by atoms with E-state index in [-0.39, 0.29) is 27.4 Å². The van der Waals surface area contributed by atoms with Gasteiger partial charge in [0.15, 0.2) is 4.77 Å². The van der Waals surface area contributed by atoms with E-state index in [1.807, 2.05) is 20.8 Å². The lowest BCUT2D eigenvalue weighted by Crippen LogP contribution is -2.19. The molecule has 0 aliphatic rings. The summed E-state index contributed by atoms with van der Waals surface area (Å²) in [4.78, 5) is 19.3. The molecule has 0 aliphatic carbocycles. The largest absolute Gasteiger partial charge is 0.300 e. The van der Waals surface area contributed by atoms with Crippen LogP contribution in [0.25, 0.3) is 22.3 Å². The molecule has 0 radical (unpaired) electrons. The molecular formula is C16H17F2N5OS. The lowest BCUT2D eigenvalue weighted by atomic mass is 10.1. The zero-order valence-electron chi connectivity index (χ0n) is 14.2. The molecule has 0 saturated carbocycles. The van der Waals surface area contributed by atoms with Crippen molar-refractivity contribution in [1.29, 1.82) is 0 Å². The normalized spacial score (nSPS) is 11.8. The van der Waals surface area contributed by atoms with Crippen molar-refractivity contribution in [3.8, 4) is 11.3 Å². The highest BCUT2D eigenvalue weighted by Crippen LogP contribution is 2.31. The summed E-state index contributed by atoms with van der Waals surface area (Å²) in [5.74, 6) is 0. The Balaban J connectivity index is 2.51. The third-order valence-corrected chi connectivity index (χ3v) is 4.49. The average molecular weight is 365 g/mol. The Morgan fingerprint density at radius 2 is 2.00 bits per heavy atom. The van der Waals surface area contributed by atoms with Crippen molar-refractivity contribution in [2.45, 2.75) is 33.2 Å². The Morgan fingerprint density at radius 3 is 2.52 bits per heavy atom. The lowest BCUT2D eigenvalue weighted by molar-refractivity contribution is 0.153. The maximum atomic E-state index is 13.7. The molecule has 0 amide bonds. The van der Waals surface area contributed by atoms with Gasteiger partial charge in [-0.2, -0.15) is 5.10 Å². The number of H-pyrrole nitrogens is 1. The fourth-order valence-electron chi connectivity index (χ4n) is 2.81. The van der Waals surface area contributed by atoms with Crippen LogP contribution in [0.4, 0.5) is 8.78 Å². The van der Waals surface area contributed by atoms with E-state index in [1.165, 1.54) is 6.07 Å². The summed E-state index contributed by atoms with van der Waals surface area (Å²) in [6.07, 6.45) is -1.25. The van der Waals surface area contributed by atoms with E-state index < -0.39 is 12.0 Å². The first kappa shape index (κ1) is 17.4. The van der Waals surface area contributed by atoms with Crippen molar-refractivity contribution in [3.05, 3.63) is 38.6 Å². The molecule has 1 N–H and O–H groups in total. The van der Waals surface area contributed by atoms with Crippen LogP contribution in [-0.4, -0.2) is 24.3 Å². The topological polar surface area (TPSA) is 68.5 Å². The first-order valence-electron chi connectivity index (χ1n) is 7.69. The fourth-order valence-corrected chi connectivity index (χ4v) is 3.20. The first-order chi connectivity index (χ1) is 11.7. The Labute approximate surface area is 147 Å². The van der Waals surface area contributed by atoms with Gasteiger partial charge >= 0.3 is 0 Å². The Kier molecular flexibility index (Phi) is 4.28. The molecule has 25 heavy (non-hydrogen) atoms. The number of halogens is 2. The van der Waals surface area contributed by atoms with E-state index in [2.05, 4.69) is 15.1 Å². The van der Waals surface area contributed by atoms with E-state index in [9.17, 15) is 13.6 Å². The number of aryl methyl sites for hydroxylation is 1. The van der Waals surface area contributed by atoms with Crippen molar-refractivity contribution in [2.75, 3.05) is 0 Å². The second-order valence-electron chi connectivity index (χ2n) is 6.09. The molecule has 6 nitrogen and oxygen atoms in total. The summed E-state index contributed by atoms with van der Waals surface area (Å²) in [5.41, 5.74) is 0.880. The summed E-state index contributed by atoms with van der Waals surface area (Å²) in [7, 11) is 1.76. The first-order valence-corrected chi connectivity index (χ1v) is 8.09. The number of hydrogen-bond donors (Lipinski definition) is 1. The van der Waals surface area contributed by atoms with Gasteiger partial charge in [0.2, 0.25) is 0 Å². The monoisotopic (exact) mass is 365 g/mol. The average Bonchev–Trinajstić information content (AvgIpc) is 2.85. The zero-order chi connectivity index (χ0) is 18.5. The van der Waals surface area contributed by atoms with E-state index in [0.717, 1.165) is 5.69 Å². The molecule has 0 spiro atoms. The van der Waals surface area contributed by atoms with Gasteiger partial charge in [0.1, 0.15) is 5.65 Å². The predicted molar refractivity (Wildman–Crippen MR) is 93.5 cm³/mol. The number of rotatable bonds is 3. The standard InChI is InChI=1S/C16H17F2N5OS/c1-7(2)23-14-12(15(24)21-16(23)25)9(13(17)18)5-11(20-14)10-6-19-22(4)8(10)3/h5-7,13H,1-4H3,(H,21,24,25). The molecule has 0 aliphatic heterocycles. The summed E-state index contributed by atoms with van der Waals surface area (Å²) < 4.78 is 30.7. The molecule has 3 heterocycles. The zero-order valence-corrected chi connectivity index (χ0v) is 15.0. The quantitative estimate of drug-likeness (QED) is 0.719. The number of hydrogen-bond acceptors (Lipinski definition) is 4. The van der Waals surface area contributed by atoms with Gasteiger partial charge in [-0.3, -0.25) is 19.0 Å². The molecule has 3 aromatic heterocycles. The van der Waals surface area contributed by atoms with Crippen LogP contribution >= 0.6 is 12.2 Å². The van der Waals surface area contributed by atoms with Gasteiger partial charge in [-0.15, -0.1) is 0 Å². The molecule has 9 heteroatoms. The molecule has 132 valence electrons. The van der Waals surface area contributed by atoms with Gasteiger partial charge in [-0.1, -0.05) is 0 Å². The Morgan fingerprint density at radius 1 is 1.32 bits per heavy atom. The van der Waals surface area contributed by atoms with Crippen LogP contribution < -0.4 is 5.56 Å². The van der Waals surface area contributed by atoms with Crippen molar-refractivity contribution in [2.24, 2.45) is 7.05 Å². The molecule has 0 saturated heterocycles. The molecule has 0 fully saturated rings. The van der Waals surface area contributed by atoms with Crippen molar-refractivity contribution in [1.82, 2.24) is 24.3 Å². The molecule has 0 bridgehead atoms. The van der Waals surface area contributed by atoms with Crippen LogP contribution in [0, 0.1) is 11.7 Å². The van der Waals surface area contributed by atoms with Gasteiger partial charge in [0.25, 0.3) is 12.0 Å². The minimum Gasteiger partial charge on any atom is -0.300 e. The highest BCUT2D eigenvalue weighted by Gasteiger charge is 2.22. The van der Waals surface area contributed by atoms with Crippen LogP contribution in [0.2, 0.25) is 0 Å². The number of aromatic nitrogens is 5. The maximum absolute atomic E-state index is 13.7. The van der Waals surface area contributed by atoms with Crippen molar-refractivity contribution >= 4 is 23.3 Å². The predicted octanol–water partition coefficient (Wildman–Crippen LogP) is 3.68. The van der Waals surface area contributed by atoms with E-state index >= 15 is 0 Å². The minimum absolute atomic E-state index is 0.136. The highest BCUT2D eigenvalue weighted by atomic mass is 32.1. The molecule has 0 aromatic carbocycles. The number of fused-ring (bicyclic) bond motifs is 1. The van der Waals surface area contributed by atoms with Crippen LogP contribution in [0.1, 0.15) is 37.6 Å². The third-order valence-electron chi connectivity index (χ3n) is 4.19. The minimum atomic E-state index is -2.82. The van der Waals surface area contributed by atoms with Gasteiger partial charge in [0, 0.05) is 29.9 Å². The number of nitrogens with one attached hydrogen (secondary N) is 1. The summed E-state index contributed by atoms with van der Waals surface area (Å²) in [6, 6.07) is 1.09. The smallest absolute Gasteiger partial charge is 0.264 e. The Bertz CT molecular complexity index is 1080. The summed E-state index contributed by atoms with van der Waals surface area (Å²) in [6.45, 7) is 5.52. The van der Waals surface area contributed by atoms with Crippen LogP contribution in [-0.2, 0) is 7.05 Å². The van der Waals surface area contributed by atoms with Crippen LogP contribution in [0.5, 0.6) is 0 Å². The summed E-state index contributed by atoms with van der Waals surface area (Å²) >= 11 is 5.21. The Hall–Kier alpha value is -2.42. The second kappa shape index (κ2) is 6.14. The number of pyridine rings is 1. The SMILES string of the molecule is Cc1c(-c2cc(C(F)F)c3c(=O)[nH]c(=S)n(C(C)C)c3n2)cnn1C. The van der Waals surface area contributed by atoms with Gasteiger partial charge in [0.05, 0.1) is 17.3 Å². The maximum Gasteiger partial charge on any atom is 0.264 e. The second-order valence-corrected chi connectivity index (χ2v) is 6.47. The van der Waals surface area contributed by atoms with Crippen LogP contribution in [0.15, 0.2) is 17.1 Å². The van der Waals surface area contributed by atoms with Gasteiger partial charge < -0.3 is 0 Å². The fraction of sp³-hybridized carbons (Fsp3) is 0.375. The molecular weight excluding hydrogens is 348 g/mol. The molecule has 3 rings (SSSR count). The van der Waals surface area contributed by atoms with Gasteiger partial charge in [-0.25, -0.2) is 13.8 Å². The van der Waals surface area contributed by atoms with E-state index in [4.69, 9.17) is 12.2 Å². The summed E-state index contributed by atoms with van der Waals surface area (Å²) in [5, 5.41) is 4.00. The molecule has 0 atom stereocenters. The number of alkyl halides is 2. The van der Waals surface area contributed by atoms with Crippen molar-refractivity contribution < 1.29 is 8.78 Å².